The number of ether oxygens (including phenoxy) is 6. The van der Waals surface area contributed by atoms with Crippen molar-refractivity contribution in [1.29, 1.82) is 0 Å². The summed E-state index contributed by atoms with van der Waals surface area (Å²) < 4.78 is 32.8. The maximum atomic E-state index is 12.4. The van der Waals surface area contributed by atoms with E-state index in [0.717, 1.165) is 23.3 Å². The first-order valence-corrected chi connectivity index (χ1v) is 14.1. The van der Waals surface area contributed by atoms with E-state index in [9.17, 15) is 19.2 Å². The number of esters is 4. The molecular formula is C35H40O10. The highest BCUT2D eigenvalue weighted by Gasteiger charge is 2.24. The van der Waals surface area contributed by atoms with Crippen LogP contribution in [0.5, 0.6) is 0 Å². The van der Waals surface area contributed by atoms with Crippen LogP contribution in [-0.4, -0.2) is 75.7 Å². The first kappa shape index (κ1) is 36.4. The number of carbonyl (C=O) groups excluding carboxylic acids is 4. The van der Waals surface area contributed by atoms with Crippen molar-refractivity contribution in [3.63, 3.8) is 0 Å². The fourth-order valence-corrected chi connectivity index (χ4v) is 3.65. The number of hydrogen-bond donors (Lipinski definition) is 0. The molecule has 2 aromatic carbocycles. The van der Waals surface area contributed by atoms with E-state index in [4.69, 9.17) is 28.4 Å². The van der Waals surface area contributed by atoms with Gasteiger partial charge in [-0.2, -0.15) is 0 Å². The molecule has 45 heavy (non-hydrogen) atoms. The second kappa shape index (κ2) is 18.8. The molecular weight excluding hydrogens is 580 g/mol. The van der Waals surface area contributed by atoms with Gasteiger partial charge < -0.3 is 28.4 Å². The molecule has 0 heterocycles. The molecule has 240 valence electrons. The molecule has 2 atom stereocenters. The van der Waals surface area contributed by atoms with E-state index in [0.29, 0.717) is 11.1 Å². The van der Waals surface area contributed by atoms with Crippen LogP contribution >= 0.6 is 0 Å². The molecule has 2 rings (SSSR count). The third-order valence-corrected chi connectivity index (χ3v) is 6.06. The van der Waals surface area contributed by atoms with E-state index in [1.165, 1.54) is 0 Å². The van der Waals surface area contributed by atoms with Gasteiger partial charge in [0.2, 0.25) is 0 Å². The molecule has 0 saturated carbocycles. The maximum absolute atomic E-state index is 12.4. The van der Waals surface area contributed by atoms with E-state index in [1.807, 2.05) is 13.8 Å². The summed E-state index contributed by atoms with van der Waals surface area (Å²) in [6, 6.07) is 13.4. The average molecular weight is 621 g/mol. The summed E-state index contributed by atoms with van der Waals surface area (Å²) >= 11 is 0. The van der Waals surface area contributed by atoms with Crippen molar-refractivity contribution in [2.24, 2.45) is 5.41 Å². The molecule has 0 radical (unpaired) electrons. The Morgan fingerprint density at radius 1 is 0.622 bits per heavy atom. The van der Waals surface area contributed by atoms with E-state index in [1.54, 1.807) is 60.7 Å². The van der Waals surface area contributed by atoms with Crippen LogP contribution in [0.15, 0.2) is 87.0 Å². The predicted octanol–water partition coefficient (Wildman–Crippen LogP) is 5.24. The molecule has 0 spiro atoms. The second-order valence-corrected chi connectivity index (χ2v) is 10.6. The molecule has 0 bridgehead atoms. The molecule has 0 amide bonds. The van der Waals surface area contributed by atoms with Crippen molar-refractivity contribution in [3.8, 4) is 0 Å². The number of benzene rings is 2. The Hall–Kier alpha value is -4.80. The topological polar surface area (TPSA) is 124 Å². The van der Waals surface area contributed by atoms with Crippen molar-refractivity contribution in [2.75, 3.05) is 39.6 Å². The maximum Gasteiger partial charge on any atom is 0.338 e. The van der Waals surface area contributed by atoms with Gasteiger partial charge in [-0.1, -0.05) is 76.6 Å². The minimum atomic E-state index is -0.881. The summed E-state index contributed by atoms with van der Waals surface area (Å²) in [5.41, 5.74) is 1.84. The normalized spacial score (nSPS) is 12.1. The van der Waals surface area contributed by atoms with Gasteiger partial charge in [-0.05, 0) is 35.4 Å². The molecule has 0 N–H and O–H groups in total. The first-order chi connectivity index (χ1) is 21.5. The summed E-state index contributed by atoms with van der Waals surface area (Å²) in [5, 5.41) is 0. The molecule has 0 aliphatic carbocycles. The van der Waals surface area contributed by atoms with Gasteiger partial charge in [0.25, 0.3) is 0 Å². The highest BCUT2D eigenvalue weighted by atomic mass is 16.6. The molecule has 0 fully saturated rings. The lowest BCUT2D eigenvalue weighted by atomic mass is 9.96. The van der Waals surface area contributed by atoms with Crippen molar-refractivity contribution < 1.29 is 47.6 Å². The Kier molecular flexibility index (Phi) is 15.2. The average Bonchev–Trinajstić information content (AvgIpc) is 3.05. The molecule has 0 aromatic heterocycles. The van der Waals surface area contributed by atoms with Crippen LogP contribution in [0.1, 0.15) is 45.7 Å². The SMILES string of the molecule is C=CC(=O)OC(COCC(C)(C)COCC(COC(=O)c1ccc(C=C)cc1)OC(=O)C=C)COC(=O)c1ccc(C=C)cc1. The van der Waals surface area contributed by atoms with Gasteiger partial charge in [-0.3, -0.25) is 0 Å². The summed E-state index contributed by atoms with van der Waals surface area (Å²) in [5.74, 6) is -2.54. The third-order valence-electron chi connectivity index (χ3n) is 6.06. The molecule has 10 nitrogen and oxygen atoms in total. The predicted molar refractivity (Wildman–Crippen MR) is 169 cm³/mol. The van der Waals surface area contributed by atoms with E-state index < -0.39 is 41.5 Å². The lowest BCUT2D eigenvalue weighted by Gasteiger charge is -2.27. The largest absolute Gasteiger partial charge is 0.458 e. The van der Waals surface area contributed by atoms with Crippen LogP contribution < -0.4 is 0 Å². The van der Waals surface area contributed by atoms with Crippen LogP contribution in [0.3, 0.4) is 0 Å². The summed E-state index contributed by atoms with van der Waals surface area (Å²) in [7, 11) is 0. The van der Waals surface area contributed by atoms with Gasteiger partial charge in [-0.15, -0.1) is 0 Å². The molecule has 0 saturated heterocycles. The number of carbonyl (C=O) groups is 4. The van der Waals surface area contributed by atoms with Crippen molar-refractivity contribution >= 4 is 36.0 Å². The van der Waals surface area contributed by atoms with Crippen LogP contribution in [0.25, 0.3) is 12.2 Å². The molecule has 2 unspecified atom stereocenters. The molecule has 2 aromatic rings. The Morgan fingerprint density at radius 3 is 1.29 bits per heavy atom. The standard InChI is InChI=1S/C35H40O10/c1-7-25-11-15-27(16-12-25)33(38)42-21-29(44-31(36)9-3)19-40-23-35(5,6)24-41-20-30(45-32(37)10-4)22-43-34(39)28-17-13-26(8-2)14-18-28/h7-18,29-30H,1-4,19-24H2,5-6H3. The number of hydrogen-bond acceptors (Lipinski definition) is 10. The second-order valence-electron chi connectivity index (χ2n) is 10.6. The first-order valence-electron chi connectivity index (χ1n) is 14.1. The lowest BCUT2D eigenvalue weighted by Crippen LogP contribution is -2.34. The smallest absolute Gasteiger partial charge is 0.338 e. The minimum Gasteiger partial charge on any atom is -0.458 e. The van der Waals surface area contributed by atoms with Crippen molar-refractivity contribution in [3.05, 3.63) is 109 Å². The quantitative estimate of drug-likeness (QED) is 0.110. The lowest BCUT2D eigenvalue weighted by molar-refractivity contribution is -0.151. The Bertz CT molecular complexity index is 1220. The van der Waals surface area contributed by atoms with Gasteiger partial charge in [0.05, 0.1) is 37.6 Å². The van der Waals surface area contributed by atoms with Crippen LogP contribution in [-0.2, 0) is 38.0 Å². The Morgan fingerprint density at radius 2 is 0.978 bits per heavy atom. The Labute approximate surface area is 263 Å². The third kappa shape index (κ3) is 13.6. The fraction of sp³-hybridized carbons (Fsp3) is 0.314. The summed E-state index contributed by atoms with van der Waals surface area (Å²) in [6.07, 6.45) is 3.56. The van der Waals surface area contributed by atoms with Crippen molar-refractivity contribution in [1.82, 2.24) is 0 Å². The van der Waals surface area contributed by atoms with Crippen LogP contribution in [0.4, 0.5) is 0 Å². The van der Waals surface area contributed by atoms with Crippen LogP contribution in [0, 0.1) is 5.41 Å². The van der Waals surface area contributed by atoms with Crippen molar-refractivity contribution in [2.45, 2.75) is 26.1 Å². The molecule has 0 aliphatic heterocycles. The molecule has 10 heteroatoms. The van der Waals surface area contributed by atoms with E-state index in [2.05, 4.69) is 26.3 Å². The summed E-state index contributed by atoms with van der Waals surface area (Å²) in [4.78, 5) is 48.5. The van der Waals surface area contributed by atoms with Gasteiger partial charge >= 0.3 is 23.9 Å². The van der Waals surface area contributed by atoms with Crippen LogP contribution in [0.2, 0.25) is 0 Å². The molecule has 0 aliphatic rings. The van der Waals surface area contributed by atoms with Gasteiger partial charge in [0, 0.05) is 17.6 Å². The summed E-state index contributed by atoms with van der Waals surface area (Å²) in [6.45, 7) is 17.7. The van der Waals surface area contributed by atoms with Gasteiger partial charge in [0.1, 0.15) is 13.2 Å². The minimum absolute atomic E-state index is 0.0605. The zero-order valence-corrected chi connectivity index (χ0v) is 25.7. The number of rotatable bonds is 20. The van der Waals surface area contributed by atoms with E-state index >= 15 is 0 Å². The highest BCUT2D eigenvalue weighted by Crippen LogP contribution is 2.17. The van der Waals surface area contributed by atoms with Gasteiger partial charge in [0.15, 0.2) is 12.2 Å². The zero-order chi connectivity index (χ0) is 33.2. The van der Waals surface area contributed by atoms with Gasteiger partial charge in [-0.25, -0.2) is 19.2 Å². The Balaban J connectivity index is 1.86. The monoisotopic (exact) mass is 620 g/mol. The highest BCUT2D eigenvalue weighted by molar-refractivity contribution is 5.90. The zero-order valence-electron chi connectivity index (χ0n) is 25.7. The van der Waals surface area contributed by atoms with E-state index in [-0.39, 0.29) is 39.6 Å². The fourth-order valence-electron chi connectivity index (χ4n) is 3.65.